The largest absolute Gasteiger partial charge is 0.469 e. The molecular weight excluding hydrogens is 447 g/mol. The van der Waals surface area contributed by atoms with Gasteiger partial charge in [-0.05, 0) is 31.9 Å². The summed E-state index contributed by atoms with van der Waals surface area (Å²) < 4.78 is 12.5. The van der Waals surface area contributed by atoms with Crippen molar-refractivity contribution in [2.24, 2.45) is 4.99 Å². The van der Waals surface area contributed by atoms with Gasteiger partial charge in [-0.3, -0.25) is 4.99 Å². The SMILES string of the molecule is COCCN=C(NCCc1ccco1)NC1CCCn2nc(C)nc21.I. The summed E-state index contributed by atoms with van der Waals surface area (Å²) >= 11 is 0. The molecule has 9 heteroatoms. The van der Waals surface area contributed by atoms with Gasteiger partial charge in [0.1, 0.15) is 17.4 Å². The van der Waals surface area contributed by atoms with Gasteiger partial charge < -0.3 is 19.8 Å². The van der Waals surface area contributed by atoms with Gasteiger partial charge in [0.15, 0.2) is 5.96 Å². The lowest BCUT2D eigenvalue weighted by Gasteiger charge is -2.25. The van der Waals surface area contributed by atoms with Crippen molar-refractivity contribution in [3.05, 3.63) is 35.8 Å². The molecule has 0 saturated carbocycles. The maximum Gasteiger partial charge on any atom is 0.191 e. The zero-order valence-corrected chi connectivity index (χ0v) is 17.6. The first-order valence-corrected chi connectivity index (χ1v) is 8.74. The van der Waals surface area contributed by atoms with E-state index in [0.717, 1.165) is 55.7 Å². The Balaban J connectivity index is 0.00000243. The molecule has 8 nitrogen and oxygen atoms in total. The second-order valence-electron chi connectivity index (χ2n) is 6.06. The van der Waals surface area contributed by atoms with E-state index in [4.69, 9.17) is 9.15 Å². The number of halogens is 1. The van der Waals surface area contributed by atoms with Crippen LogP contribution >= 0.6 is 24.0 Å². The van der Waals surface area contributed by atoms with Crippen molar-refractivity contribution >= 4 is 29.9 Å². The quantitative estimate of drug-likeness (QED) is 0.277. The normalized spacial score (nSPS) is 16.7. The average Bonchev–Trinajstić information content (AvgIpc) is 3.24. The molecule has 0 spiro atoms. The van der Waals surface area contributed by atoms with Gasteiger partial charge in [-0.1, -0.05) is 0 Å². The van der Waals surface area contributed by atoms with Crippen molar-refractivity contribution in [3.63, 3.8) is 0 Å². The molecule has 1 atom stereocenters. The van der Waals surface area contributed by atoms with Crippen LogP contribution in [0, 0.1) is 6.92 Å². The predicted molar refractivity (Wildman–Crippen MR) is 110 cm³/mol. The Morgan fingerprint density at radius 3 is 3.15 bits per heavy atom. The minimum atomic E-state index is 0. The minimum absolute atomic E-state index is 0. The molecule has 1 aliphatic rings. The second-order valence-corrected chi connectivity index (χ2v) is 6.06. The maximum atomic E-state index is 5.37. The number of aryl methyl sites for hydroxylation is 2. The lowest BCUT2D eigenvalue weighted by atomic mass is 10.1. The summed E-state index contributed by atoms with van der Waals surface area (Å²) in [5.41, 5.74) is 0. The van der Waals surface area contributed by atoms with Gasteiger partial charge in [0.25, 0.3) is 0 Å². The summed E-state index contributed by atoms with van der Waals surface area (Å²) in [4.78, 5) is 9.16. The molecule has 3 heterocycles. The smallest absolute Gasteiger partial charge is 0.191 e. The van der Waals surface area contributed by atoms with Crippen LogP contribution < -0.4 is 10.6 Å². The first kappa shape index (κ1) is 20.7. The molecular formula is C17H27IN6O2. The molecule has 26 heavy (non-hydrogen) atoms. The van der Waals surface area contributed by atoms with Crippen LogP contribution in [0.5, 0.6) is 0 Å². The summed E-state index contributed by atoms with van der Waals surface area (Å²) in [5, 5.41) is 11.3. The third-order valence-corrected chi connectivity index (χ3v) is 4.10. The Hall–Kier alpha value is -1.62. The zero-order chi connectivity index (χ0) is 17.5. The minimum Gasteiger partial charge on any atom is -0.469 e. The van der Waals surface area contributed by atoms with Crippen LogP contribution in [0.25, 0.3) is 0 Å². The molecule has 0 saturated heterocycles. The van der Waals surface area contributed by atoms with Gasteiger partial charge in [0, 0.05) is 26.6 Å². The Bertz CT molecular complexity index is 685. The van der Waals surface area contributed by atoms with E-state index in [-0.39, 0.29) is 30.0 Å². The fourth-order valence-corrected chi connectivity index (χ4v) is 2.93. The number of nitrogens with zero attached hydrogens (tertiary/aromatic N) is 4. The van der Waals surface area contributed by atoms with E-state index in [2.05, 4.69) is 25.7 Å². The fraction of sp³-hybridized carbons (Fsp3) is 0.588. The first-order chi connectivity index (χ1) is 12.3. The van der Waals surface area contributed by atoms with Crippen molar-refractivity contribution in [2.45, 2.75) is 38.8 Å². The summed E-state index contributed by atoms with van der Waals surface area (Å²) in [6.45, 7) is 4.79. The Morgan fingerprint density at radius 2 is 2.38 bits per heavy atom. The number of aliphatic imine (C=N–C) groups is 1. The number of rotatable bonds is 7. The molecule has 144 valence electrons. The third-order valence-electron chi connectivity index (χ3n) is 4.10. The average molecular weight is 474 g/mol. The lowest BCUT2D eigenvalue weighted by Crippen LogP contribution is -2.42. The molecule has 3 rings (SSSR count). The number of aromatic nitrogens is 3. The van der Waals surface area contributed by atoms with Crippen LogP contribution in [0.15, 0.2) is 27.8 Å². The van der Waals surface area contributed by atoms with Gasteiger partial charge in [0.2, 0.25) is 0 Å². The summed E-state index contributed by atoms with van der Waals surface area (Å²) in [7, 11) is 1.68. The summed E-state index contributed by atoms with van der Waals surface area (Å²) in [6, 6.07) is 3.99. The molecule has 0 bridgehead atoms. The number of guanidine groups is 1. The Morgan fingerprint density at radius 1 is 1.50 bits per heavy atom. The van der Waals surface area contributed by atoms with Crippen molar-refractivity contribution in [2.75, 3.05) is 26.8 Å². The zero-order valence-electron chi connectivity index (χ0n) is 15.3. The number of hydrogen-bond donors (Lipinski definition) is 2. The van der Waals surface area contributed by atoms with Crippen molar-refractivity contribution in [3.8, 4) is 0 Å². The first-order valence-electron chi connectivity index (χ1n) is 8.74. The Kier molecular flexibility index (Phi) is 8.36. The van der Waals surface area contributed by atoms with Crippen LogP contribution in [0.2, 0.25) is 0 Å². The topological polar surface area (TPSA) is 89.5 Å². The van der Waals surface area contributed by atoms with E-state index in [0.29, 0.717) is 13.2 Å². The summed E-state index contributed by atoms with van der Waals surface area (Å²) in [6.07, 6.45) is 4.59. The van der Waals surface area contributed by atoms with E-state index >= 15 is 0 Å². The molecule has 0 aromatic carbocycles. The van der Waals surface area contributed by atoms with Crippen LogP contribution in [0.3, 0.4) is 0 Å². The molecule has 1 aliphatic heterocycles. The highest BCUT2D eigenvalue weighted by Gasteiger charge is 2.24. The molecule has 2 aromatic heterocycles. The number of fused-ring (bicyclic) bond motifs is 1. The van der Waals surface area contributed by atoms with Crippen molar-refractivity contribution in [1.82, 2.24) is 25.4 Å². The van der Waals surface area contributed by atoms with Crippen molar-refractivity contribution in [1.29, 1.82) is 0 Å². The van der Waals surface area contributed by atoms with E-state index < -0.39 is 0 Å². The highest BCUT2D eigenvalue weighted by Crippen LogP contribution is 2.22. The van der Waals surface area contributed by atoms with E-state index in [9.17, 15) is 0 Å². The van der Waals surface area contributed by atoms with Gasteiger partial charge >= 0.3 is 0 Å². The van der Waals surface area contributed by atoms with Gasteiger partial charge in [-0.15, -0.1) is 24.0 Å². The monoisotopic (exact) mass is 474 g/mol. The molecule has 2 N–H and O–H groups in total. The van der Waals surface area contributed by atoms with E-state index in [1.165, 1.54) is 0 Å². The summed E-state index contributed by atoms with van der Waals surface area (Å²) in [5.74, 6) is 3.52. The number of methoxy groups -OCH3 is 1. The van der Waals surface area contributed by atoms with Gasteiger partial charge in [-0.2, -0.15) is 5.10 Å². The fourth-order valence-electron chi connectivity index (χ4n) is 2.93. The van der Waals surface area contributed by atoms with Gasteiger partial charge in [-0.25, -0.2) is 9.67 Å². The number of furan rings is 1. The molecule has 0 aliphatic carbocycles. The molecule has 0 amide bonds. The molecule has 2 aromatic rings. The number of nitrogens with one attached hydrogen (secondary N) is 2. The lowest BCUT2D eigenvalue weighted by molar-refractivity contribution is 0.207. The highest BCUT2D eigenvalue weighted by atomic mass is 127. The number of ether oxygens (including phenoxy) is 1. The van der Waals surface area contributed by atoms with Crippen LogP contribution in [0.1, 0.15) is 36.3 Å². The Labute approximate surface area is 170 Å². The van der Waals surface area contributed by atoms with Crippen LogP contribution in [-0.4, -0.2) is 47.5 Å². The van der Waals surface area contributed by atoms with Crippen molar-refractivity contribution < 1.29 is 9.15 Å². The van der Waals surface area contributed by atoms with Gasteiger partial charge in [0.05, 0.1) is 25.5 Å². The standard InChI is InChI=1S/C17H26N6O2.HI/c1-13-20-16-15(6-3-10-23(16)22-13)21-17(19-9-12-24-2)18-8-7-14-5-4-11-25-14;/h4-5,11,15H,3,6-10,12H2,1-2H3,(H2,18,19,21);1H. The molecule has 1 unspecified atom stereocenters. The molecule has 0 radical (unpaired) electrons. The van der Waals surface area contributed by atoms with E-state index in [1.807, 2.05) is 23.7 Å². The maximum absolute atomic E-state index is 5.37. The highest BCUT2D eigenvalue weighted by molar-refractivity contribution is 14.0. The number of hydrogen-bond acceptors (Lipinski definition) is 5. The predicted octanol–water partition coefficient (Wildman–Crippen LogP) is 2.06. The van der Waals surface area contributed by atoms with Crippen LogP contribution in [-0.2, 0) is 17.7 Å². The van der Waals surface area contributed by atoms with Crippen LogP contribution in [0.4, 0.5) is 0 Å². The second kappa shape index (κ2) is 10.5. The van der Waals surface area contributed by atoms with E-state index in [1.54, 1.807) is 13.4 Å². The third kappa shape index (κ3) is 5.70. The molecule has 0 fully saturated rings.